The first kappa shape index (κ1) is 17.3. The van der Waals surface area contributed by atoms with E-state index in [0.29, 0.717) is 0 Å². The van der Waals surface area contributed by atoms with E-state index in [1.807, 2.05) is 0 Å². The Morgan fingerprint density at radius 2 is 2.04 bits per heavy atom. The number of fused-ring (bicyclic) bond motifs is 1. The molecule has 2 aliphatic rings. The van der Waals surface area contributed by atoms with Crippen molar-refractivity contribution in [2.24, 2.45) is 5.92 Å². The summed E-state index contributed by atoms with van der Waals surface area (Å²) >= 11 is 6.17. The summed E-state index contributed by atoms with van der Waals surface area (Å²) < 4.78 is 16.3. The lowest BCUT2D eigenvalue weighted by Crippen LogP contribution is -2.51. The van der Waals surface area contributed by atoms with Crippen molar-refractivity contribution in [3.63, 3.8) is 0 Å². The summed E-state index contributed by atoms with van der Waals surface area (Å²) in [5.41, 5.74) is -1.77. The minimum absolute atomic E-state index is 0.0400. The molecule has 1 spiro atoms. The summed E-state index contributed by atoms with van der Waals surface area (Å²) in [5, 5.41) is 9.11. The predicted octanol–water partition coefficient (Wildman–Crippen LogP) is 2.50. The number of hydrogen-bond donors (Lipinski definition) is 1. The van der Waals surface area contributed by atoms with Crippen LogP contribution in [0.5, 0.6) is 11.5 Å². The van der Waals surface area contributed by atoms with Gasteiger partial charge in [0.2, 0.25) is 11.4 Å². The second-order valence-corrected chi connectivity index (χ2v) is 6.28. The van der Waals surface area contributed by atoms with Crippen LogP contribution in [0.3, 0.4) is 0 Å². The van der Waals surface area contributed by atoms with Gasteiger partial charge in [0.05, 0.1) is 24.8 Å². The average molecular weight is 367 g/mol. The maximum Gasteiger partial charge on any atom is 0.337 e. The third-order valence-corrected chi connectivity index (χ3v) is 4.92. The van der Waals surface area contributed by atoms with E-state index in [-0.39, 0.29) is 45.6 Å². The number of ketones is 2. The van der Waals surface area contributed by atoms with E-state index in [9.17, 15) is 19.5 Å². The molecule has 0 fully saturated rings. The SMILES string of the molecule is COC1=CC(=O)C[C@@H](C)[C@@]12Oc1c(Cl)c(C(=O)O)cc(OC)c1C2=O. The third kappa shape index (κ3) is 2.22. The molecule has 0 unspecified atom stereocenters. The summed E-state index contributed by atoms with van der Waals surface area (Å²) in [6.45, 7) is 1.69. The molecular formula is C17H15ClO7. The van der Waals surface area contributed by atoms with Gasteiger partial charge >= 0.3 is 5.97 Å². The number of methoxy groups -OCH3 is 2. The molecule has 0 saturated heterocycles. The van der Waals surface area contributed by atoms with Gasteiger partial charge in [-0.15, -0.1) is 0 Å². The standard InChI is InChI=1S/C17H15ClO7/c1-7-4-8(19)5-11(24-3)17(7)15(20)12-10(23-2)6-9(16(21)22)13(18)14(12)25-17/h5-7H,4H2,1-3H3,(H,21,22)/t7-,17-/m1/s1. The van der Waals surface area contributed by atoms with E-state index in [0.717, 1.165) is 0 Å². The highest BCUT2D eigenvalue weighted by Crippen LogP contribution is 2.52. The lowest BCUT2D eigenvalue weighted by atomic mass is 9.75. The second kappa shape index (κ2) is 5.77. The lowest BCUT2D eigenvalue weighted by Gasteiger charge is -2.36. The van der Waals surface area contributed by atoms with Crippen LogP contribution in [-0.2, 0) is 9.53 Å². The third-order valence-electron chi connectivity index (χ3n) is 4.54. The van der Waals surface area contributed by atoms with Crippen molar-refractivity contribution in [2.75, 3.05) is 14.2 Å². The molecule has 0 saturated carbocycles. The van der Waals surface area contributed by atoms with Crippen LogP contribution >= 0.6 is 11.6 Å². The first-order valence-corrected chi connectivity index (χ1v) is 7.82. The van der Waals surface area contributed by atoms with Crippen LogP contribution in [-0.4, -0.2) is 42.5 Å². The fourth-order valence-corrected chi connectivity index (χ4v) is 3.60. The summed E-state index contributed by atoms with van der Waals surface area (Å²) in [6, 6.07) is 1.18. The molecule has 132 valence electrons. The van der Waals surface area contributed by atoms with Crippen molar-refractivity contribution >= 4 is 29.1 Å². The number of aromatic carboxylic acids is 1. The molecule has 25 heavy (non-hydrogen) atoms. The molecule has 1 heterocycles. The summed E-state index contributed by atoms with van der Waals surface area (Å²) in [5.74, 6) is -2.46. The highest BCUT2D eigenvalue weighted by Gasteiger charge is 2.59. The number of allylic oxidation sites excluding steroid dienone is 1. The minimum Gasteiger partial charge on any atom is -0.496 e. The summed E-state index contributed by atoms with van der Waals surface area (Å²) in [4.78, 5) is 36.5. The smallest absolute Gasteiger partial charge is 0.337 e. The van der Waals surface area contributed by atoms with Gasteiger partial charge in [0, 0.05) is 18.4 Å². The molecule has 1 aromatic carbocycles. The second-order valence-electron chi connectivity index (χ2n) is 5.90. The number of carboxylic acid groups (broad SMARTS) is 1. The van der Waals surface area contributed by atoms with Gasteiger partial charge in [-0.05, 0) is 6.07 Å². The van der Waals surface area contributed by atoms with Crippen LogP contribution in [0.1, 0.15) is 34.1 Å². The highest BCUT2D eigenvalue weighted by atomic mass is 35.5. The topological polar surface area (TPSA) is 99.1 Å². The Labute approximate surface area is 148 Å². The molecule has 2 atom stereocenters. The number of carboxylic acids is 1. The van der Waals surface area contributed by atoms with Gasteiger partial charge in [0.15, 0.2) is 17.3 Å². The van der Waals surface area contributed by atoms with Gasteiger partial charge in [-0.2, -0.15) is 0 Å². The Balaban J connectivity index is 2.28. The van der Waals surface area contributed by atoms with Crippen molar-refractivity contribution in [1.82, 2.24) is 0 Å². The Morgan fingerprint density at radius 1 is 1.36 bits per heavy atom. The summed E-state index contributed by atoms with van der Waals surface area (Å²) in [6.07, 6.45) is 1.31. The number of rotatable bonds is 3. The lowest BCUT2D eigenvalue weighted by molar-refractivity contribution is -0.118. The molecule has 0 bridgehead atoms. The number of benzene rings is 1. The largest absolute Gasteiger partial charge is 0.496 e. The van der Waals surface area contributed by atoms with Crippen LogP contribution in [0.4, 0.5) is 0 Å². The zero-order valence-corrected chi connectivity index (χ0v) is 14.5. The molecule has 1 N–H and O–H groups in total. The first-order valence-electron chi connectivity index (χ1n) is 7.44. The van der Waals surface area contributed by atoms with Crippen molar-refractivity contribution in [2.45, 2.75) is 18.9 Å². The van der Waals surface area contributed by atoms with Gasteiger partial charge in [-0.1, -0.05) is 18.5 Å². The van der Waals surface area contributed by atoms with Gasteiger partial charge in [-0.3, -0.25) is 9.59 Å². The van der Waals surface area contributed by atoms with E-state index >= 15 is 0 Å². The highest BCUT2D eigenvalue weighted by molar-refractivity contribution is 6.36. The fourth-order valence-electron chi connectivity index (χ4n) is 3.33. The predicted molar refractivity (Wildman–Crippen MR) is 86.5 cm³/mol. The molecule has 7 nitrogen and oxygen atoms in total. The van der Waals surface area contributed by atoms with Crippen molar-refractivity contribution < 1.29 is 33.7 Å². The first-order chi connectivity index (χ1) is 11.8. The monoisotopic (exact) mass is 366 g/mol. The van der Waals surface area contributed by atoms with Gasteiger partial charge in [-0.25, -0.2) is 4.79 Å². The van der Waals surface area contributed by atoms with Gasteiger partial charge in [0.1, 0.15) is 11.3 Å². The number of Topliss-reactive ketones (excluding diaryl/α,β-unsaturated/α-hetero) is 1. The zero-order valence-electron chi connectivity index (χ0n) is 13.7. The molecule has 8 heteroatoms. The minimum atomic E-state index is -1.57. The molecule has 0 aromatic heterocycles. The zero-order chi connectivity index (χ0) is 18.5. The molecule has 1 aliphatic heterocycles. The van der Waals surface area contributed by atoms with Gasteiger partial charge < -0.3 is 19.3 Å². The molecular weight excluding hydrogens is 352 g/mol. The fraction of sp³-hybridized carbons (Fsp3) is 0.353. The normalized spacial score (nSPS) is 24.6. The van der Waals surface area contributed by atoms with Crippen LogP contribution in [0.15, 0.2) is 17.9 Å². The maximum atomic E-state index is 13.2. The van der Waals surface area contributed by atoms with Crippen molar-refractivity contribution in [3.8, 4) is 11.5 Å². The Hall–Kier alpha value is -2.54. The average Bonchev–Trinajstić information content (AvgIpc) is 2.87. The number of carbonyl (C=O) groups is 3. The van der Waals surface area contributed by atoms with E-state index in [4.69, 9.17) is 25.8 Å². The maximum absolute atomic E-state index is 13.2. The van der Waals surface area contributed by atoms with E-state index in [1.54, 1.807) is 6.92 Å². The number of carbonyl (C=O) groups excluding carboxylic acids is 2. The molecule has 0 radical (unpaired) electrons. The number of ether oxygens (including phenoxy) is 3. The molecule has 1 aromatic rings. The number of halogens is 1. The quantitative estimate of drug-likeness (QED) is 0.877. The number of hydrogen-bond acceptors (Lipinski definition) is 6. The van der Waals surface area contributed by atoms with Gasteiger partial charge in [0.25, 0.3) is 0 Å². The van der Waals surface area contributed by atoms with E-state index in [2.05, 4.69) is 0 Å². The van der Waals surface area contributed by atoms with Crippen LogP contribution in [0.2, 0.25) is 5.02 Å². The Kier molecular flexibility index (Phi) is 3.99. The van der Waals surface area contributed by atoms with Crippen molar-refractivity contribution in [3.05, 3.63) is 34.1 Å². The summed E-state index contributed by atoms with van der Waals surface area (Å²) in [7, 11) is 2.65. The molecule has 1 aliphatic carbocycles. The van der Waals surface area contributed by atoms with E-state index in [1.165, 1.54) is 26.4 Å². The molecule has 3 rings (SSSR count). The van der Waals surface area contributed by atoms with Crippen LogP contribution in [0.25, 0.3) is 0 Å². The Morgan fingerprint density at radius 3 is 2.60 bits per heavy atom. The van der Waals surface area contributed by atoms with Crippen LogP contribution in [0, 0.1) is 5.92 Å². The Bertz CT molecular complexity index is 842. The van der Waals surface area contributed by atoms with E-state index < -0.39 is 23.3 Å². The van der Waals surface area contributed by atoms with Crippen LogP contribution < -0.4 is 9.47 Å². The van der Waals surface area contributed by atoms with Crippen molar-refractivity contribution in [1.29, 1.82) is 0 Å². The molecule has 0 amide bonds.